The van der Waals surface area contributed by atoms with Gasteiger partial charge in [0.2, 0.25) is 0 Å². The Morgan fingerprint density at radius 2 is 2.00 bits per heavy atom. The van der Waals surface area contributed by atoms with Crippen molar-refractivity contribution in [2.24, 2.45) is 0 Å². The van der Waals surface area contributed by atoms with Gasteiger partial charge in [0.05, 0.1) is 6.42 Å². The number of ether oxygens (including phenoxy) is 1. The molecule has 17 heavy (non-hydrogen) atoms. The summed E-state index contributed by atoms with van der Waals surface area (Å²) in [5, 5.41) is 11.1. The zero-order chi connectivity index (χ0) is 12.7. The van der Waals surface area contributed by atoms with Crippen LogP contribution in [0.15, 0.2) is 30.3 Å². The Labute approximate surface area is 99.4 Å². The predicted molar refractivity (Wildman–Crippen MR) is 61.9 cm³/mol. The number of carbonyl (C=O) groups excluding carboxylic acids is 1. The molecular formula is C12H15NO4. The number of hydrogen-bond acceptors (Lipinski definition) is 3. The van der Waals surface area contributed by atoms with Crippen molar-refractivity contribution in [3.05, 3.63) is 30.3 Å². The van der Waals surface area contributed by atoms with Gasteiger partial charge in [0.1, 0.15) is 5.75 Å². The standard InChI is InChI=1S/C12H15NO4/c1-2-9(8-11(14)15)13-12(16)17-10-6-4-3-5-7-10/h3-7,9H,2,8H2,1H3,(H,13,16)(H,14,15). The maximum Gasteiger partial charge on any atom is 0.412 e. The lowest BCUT2D eigenvalue weighted by Gasteiger charge is -2.14. The average molecular weight is 237 g/mol. The van der Waals surface area contributed by atoms with Gasteiger partial charge in [0.25, 0.3) is 0 Å². The summed E-state index contributed by atoms with van der Waals surface area (Å²) in [5.74, 6) is -0.521. The topological polar surface area (TPSA) is 75.6 Å². The molecule has 92 valence electrons. The molecule has 1 rings (SSSR count). The van der Waals surface area contributed by atoms with Crippen molar-refractivity contribution in [3.8, 4) is 5.75 Å². The Kier molecular flexibility index (Phi) is 5.00. The Balaban J connectivity index is 2.45. The highest BCUT2D eigenvalue weighted by atomic mass is 16.6. The first-order valence-corrected chi connectivity index (χ1v) is 5.37. The molecule has 0 radical (unpaired) electrons. The van der Waals surface area contributed by atoms with E-state index in [4.69, 9.17) is 9.84 Å². The van der Waals surface area contributed by atoms with E-state index in [1.54, 1.807) is 31.2 Å². The molecular weight excluding hydrogens is 222 g/mol. The van der Waals surface area contributed by atoms with Crippen LogP contribution in [0, 0.1) is 0 Å². The number of para-hydroxylation sites is 1. The number of amides is 1. The van der Waals surface area contributed by atoms with Gasteiger partial charge in [0.15, 0.2) is 0 Å². The summed E-state index contributed by atoms with van der Waals surface area (Å²) in [5.41, 5.74) is 0. The van der Waals surface area contributed by atoms with Crippen LogP contribution in [0.4, 0.5) is 4.79 Å². The number of nitrogens with one attached hydrogen (secondary N) is 1. The molecule has 0 aromatic heterocycles. The summed E-state index contributed by atoms with van der Waals surface area (Å²) < 4.78 is 4.99. The van der Waals surface area contributed by atoms with E-state index in [1.165, 1.54) is 0 Å². The average Bonchev–Trinajstić information content (AvgIpc) is 2.28. The molecule has 0 bridgehead atoms. The number of carbonyl (C=O) groups is 2. The number of carboxylic acid groups (broad SMARTS) is 1. The highest BCUT2D eigenvalue weighted by Crippen LogP contribution is 2.08. The molecule has 1 unspecified atom stereocenters. The minimum Gasteiger partial charge on any atom is -0.481 e. The fourth-order valence-corrected chi connectivity index (χ4v) is 1.30. The Morgan fingerprint density at radius 3 is 2.53 bits per heavy atom. The molecule has 1 amide bonds. The zero-order valence-electron chi connectivity index (χ0n) is 9.55. The molecule has 5 heteroatoms. The van der Waals surface area contributed by atoms with E-state index in [-0.39, 0.29) is 6.42 Å². The summed E-state index contributed by atoms with van der Waals surface area (Å²) in [4.78, 5) is 22.0. The molecule has 0 aliphatic heterocycles. The molecule has 0 heterocycles. The molecule has 5 nitrogen and oxygen atoms in total. The second kappa shape index (κ2) is 6.52. The fourth-order valence-electron chi connectivity index (χ4n) is 1.30. The molecule has 1 aromatic carbocycles. The van der Waals surface area contributed by atoms with Crippen LogP contribution < -0.4 is 10.1 Å². The monoisotopic (exact) mass is 237 g/mol. The van der Waals surface area contributed by atoms with Crippen molar-refractivity contribution in [2.75, 3.05) is 0 Å². The van der Waals surface area contributed by atoms with Crippen molar-refractivity contribution in [1.82, 2.24) is 5.32 Å². The largest absolute Gasteiger partial charge is 0.481 e. The van der Waals surface area contributed by atoms with Gasteiger partial charge in [-0.15, -0.1) is 0 Å². The number of carboxylic acids is 1. The van der Waals surface area contributed by atoms with E-state index >= 15 is 0 Å². The van der Waals surface area contributed by atoms with Gasteiger partial charge in [-0.05, 0) is 18.6 Å². The first-order valence-electron chi connectivity index (χ1n) is 5.37. The first-order chi connectivity index (χ1) is 8.11. The van der Waals surface area contributed by atoms with Gasteiger partial charge >= 0.3 is 12.1 Å². The first kappa shape index (κ1) is 13.0. The van der Waals surface area contributed by atoms with Gasteiger partial charge in [-0.1, -0.05) is 25.1 Å². The van der Waals surface area contributed by atoms with E-state index in [0.717, 1.165) is 0 Å². The highest BCUT2D eigenvalue weighted by Gasteiger charge is 2.14. The summed E-state index contributed by atoms with van der Waals surface area (Å²) >= 11 is 0. The molecule has 0 aliphatic rings. The Bertz CT molecular complexity index is 377. The number of aliphatic carboxylic acids is 1. The summed E-state index contributed by atoms with van der Waals surface area (Å²) in [6.45, 7) is 1.80. The fraction of sp³-hybridized carbons (Fsp3) is 0.333. The third-order valence-corrected chi connectivity index (χ3v) is 2.19. The van der Waals surface area contributed by atoms with Crippen molar-refractivity contribution in [2.45, 2.75) is 25.8 Å². The SMILES string of the molecule is CCC(CC(=O)O)NC(=O)Oc1ccccc1. The smallest absolute Gasteiger partial charge is 0.412 e. The highest BCUT2D eigenvalue weighted by molar-refractivity contribution is 5.73. The van der Waals surface area contributed by atoms with E-state index in [2.05, 4.69) is 5.32 Å². The maximum atomic E-state index is 11.4. The molecule has 0 aliphatic carbocycles. The van der Waals surface area contributed by atoms with Crippen LogP contribution in [-0.2, 0) is 4.79 Å². The van der Waals surface area contributed by atoms with Gasteiger partial charge in [-0.25, -0.2) is 4.79 Å². The third kappa shape index (κ3) is 5.01. The molecule has 1 atom stereocenters. The second-order valence-electron chi connectivity index (χ2n) is 3.55. The summed E-state index contributed by atoms with van der Waals surface area (Å²) in [6, 6.07) is 8.19. The lowest BCUT2D eigenvalue weighted by molar-refractivity contribution is -0.137. The zero-order valence-corrected chi connectivity index (χ0v) is 9.55. The van der Waals surface area contributed by atoms with Gasteiger partial charge in [-0.2, -0.15) is 0 Å². The Morgan fingerprint density at radius 1 is 1.35 bits per heavy atom. The van der Waals surface area contributed by atoms with Crippen LogP contribution in [0.1, 0.15) is 19.8 Å². The van der Waals surface area contributed by atoms with Crippen LogP contribution in [0.2, 0.25) is 0 Å². The maximum absolute atomic E-state index is 11.4. The number of benzene rings is 1. The molecule has 0 fully saturated rings. The Hall–Kier alpha value is -2.04. The quantitative estimate of drug-likeness (QED) is 0.821. The predicted octanol–water partition coefficient (Wildman–Crippen LogP) is 2.03. The molecule has 0 spiro atoms. The van der Waals surface area contributed by atoms with E-state index < -0.39 is 18.1 Å². The normalized spacial score (nSPS) is 11.6. The lowest BCUT2D eigenvalue weighted by Crippen LogP contribution is -2.37. The van der Waals surface area contributed by atoms with Crippen LogP contribution in [0.3, 0.4) is 0 Å². The minimum atomic E-state index is -0.947. The van der Waals surface area contributed by atoms with Crippen LogP contribution in [0.25, 0.3) is 0 Å². The van der Waals surface area contributed by atoms with E-state index in [0.29, 0.717) is 12.2 Å². The van der Waals surface area contributed by atoms with E-state index in [9.17, 15) is 9.59 Å². The van der Waals surface area contributed by atoms with Gasteiger partial charge < -0.3 is 15.2 Å². The second-order valence-corrected chi connectivity index (χ2v) is 3.55. The van der Waals surface area contributed by atoms with Crippen molar-refractivity contribution in [3.63, 3.8) is 0 Å². The number of rotatable bonds is 5. The molecule has 2 N–H and O–H groups in total. The lowest BCUT2D eigenvalue weighted by atomic mass is 10.1. The molecule has 0 saturated heterocycles. The van der Waals surface area contributed by atoms with Crippen LogP contribution in [0.5, 0.6) is 5.75 Å². The molecule has 1 aromatic rings. The summed E-state index contributed by atoms with van der Waals surface area (Å²) in [6.07, 6.45) is -0.208. The van der Waals surface area contributed by atoms with Gasteiger partial charge in [-0.3, -0.25) is 4.79 Å². The van der Waals surface area contributed by atoms with Crippen molar-refractivity contribution in [1.29, 1.82) is 0 Å². The van der Waals surface area contributed by atoms with Crippen LogP contribution in [-0.4, -0.2) is 23.2 Å². The summed E-state index contributed by atoms with van der Waals surface area (Å²) in [7, 11) is 0. The minimum absolute atomic E-state index is 0.111. The van der Waals surface area contributed by atoms with Gasteiger partial charge in [0, 0.05) is 6.04 Å². The van der Waals surface area contributed by atoms with Crippen molar-refractivity contribution >= 4 is 12.1 Å². The number of hydrogen-bond donors (Lipinski definition) is 2. The van der Waals surface area contributed by atoms with Crippen molar-refractivity contribution < 1.29 is 19.4 Å². The third-order valence-electron chi connectivity index (χ3n) is 2.19. The van der Waals surface area contributed by atoms with E-state index in [1.807, 2.05) is 6.07 Å². The van der Waals surface area contributed by atoms with Crippen LogP contribution >= 0.6 is 0 Å². The molecule has 0 saturated carbocycles.